The highest BCUT2D eigenvalue weighted by atomic mass is 19.1. The van der Waals surface area contributed by atoms with Gasteiger partial charge in [-0.05, 0) is 42.5 Å². The zero-order valence-corrected chi connectivity index (χ0v) is 15.1. The highest BCUT2D eigenvalue weighted by molar-refractivity contribution is 5.86. The van der Waals surface area contributed by atoms with Crippen molar-refractivity contribution in [1.29, 1.82) is 0 Å². The predicted molar refractivity (Wildman–Crippen MR) is 104 cm³/mol. The van der Waals surface area contributed by atoms with Crippen LogP contribution in [-0.4, -0.2) is 14.4 Å². The van der Waals surface area contributed by atoms with Gasteiger partial charge in [-0.15, -0.1) is 0 Å². The molecule has 0 fully saturated rings. The standard InChI is InChI=1S/C21H21FN4/c1-4-13(2)15-9-19-18(10-16(15)22)25-21(20-11-23-12-26(19)20)24-17-8-6-5-7-14(17)3/h5-13H,4H2,1-3H3,(H,24,25). The minimum absolute atomic E-state index is 0.155. The molecule has 2 heterocycles. The van der Waals surface area contributed by atoms with E-state index in [9.17, 15) is 4.39 Å². The summed E-state index contributed by atoms with van der Waals surface area (Å²) in [5.41, 5.74) is 5.14. The molecular weight excluding hydrogens is 327 g/mol. The quantitative estimate of drug-likeness (QED) is 0.523. The van der Waals surface area contributed by atoms with E-state index >= 15 is 0 Å². The van der Waals surface area contributed by atoms with Gasteiger partial charge < -0.3 is 5.32 Å². The largest absolute Gasteiger partial charge is 0.338 e. The summed E-state index contributed by atoms with van der Waals surface area (Å²) < 4.78 is 16.6. The number of para-hydroxylation sites is 1. The van der Waals surface area contributed by atoms with Crippen LogP contribution in [0.25, 0.3) is 16.6 Å². The van der Waals surface area contributed by atoms with E-state index in [-0.39, 0.29) is 11.7 Å². The first kappa shape index (κ1) is 16.5. The lowest BCUT2D eigenvalue weighted by molar-refractivity contribution is 0.585. The van der Waals surface area contributed by atoms with E-state index in [1.807, 2.05) is 48.6 Å². The molecule has 4 aromatic rings. The fourth-order valence-corrected chi connectivity index (χ4v) is 3.22. The lowest BCUT2D eigenvalue weighted by Crippen LogP contribution is -2.03. The van der Waals surface area contributed by atoms with Crippen LogP contribution in [0.3, 0.4) is 0 Å². The molecule has 132 valence electrons. The number of hydrogen-bond acceptors (Lipinski definition) is 3. The van der Waals surface area contributed by atoms with E-state index in [1.54, 1.807) is 12.5 Å². The molecule has 26 heavy (non-hydrogen) atoms. The van der Waals surface area contributed by atoms with Crippen LogP contribution in [0.2, 0.25) is 0 Å². The van der Waals surface area contributed by atoms with Crippen molar-refractivity contribution in [3.8, 4) is 0 Å². The molecule has 0 spiro atoms. The molecule has 0 saturated carbocycles. The average Bonchev–Trinajstić information content (AvgIpc) is 3.13. The summed E-state index contributed by atoms with van der Waals surface area (Å²) in [4.78, 5) is 8.97. The molecule has 0 bridgehead atoms. The van der Waals surface area contributed by atoms with Crippen LogP contribution in [0.15, 0.2) is 48.9 Å². The van der Waals surface area contributed by atoms with Crippen molar-refractivity contribution in [3.05, 3.63) is 65.9 Å². The van der Waals surface area contributed by atoms with E-state index in [1.165, 1.54) is 6.07 Å². The Kier molecular flexibility index (Phi) is 4.07. The van der Waals surface area contributed by atoms with Crippen LogP contribution in [0, 0.1) is 12.7 Å². The number of imidazole rings is 1. The van der Waals surface area contributed by atoms with Crippen LogP contribution in [0.5, 0.6) is 0 Å². The number of aromatic nitrogens is 3. The lowest BCUT2D eigenvalue weighted by Gasteiger charge is -2.15. The number of hydrogen-bond donors (Lipinski definition) is 1. The van der Waals surface area contributed by atoms with Gasteiger partial charge in [0.1, 0.15) is 11.3 Å². The molecule has 0 saturated heterocycles. The summed E-state index contributed by atoms with van der Waals surface area (Å²) in [5.74, 6) is 0.614. The maximum atomic E-state index is 14.6. The van der Waals surface area contributed by atoms with Gasteiger partial charge in [-0.25, -0.2) is 14.4 Å². The number of rotatable bonds is 4. The van der Waals surface area contributed by atoms with E-state index in [0.717, 1.165) is 34.3 Å². The minimum Gasteiger partial charge on any atom is -0.338 e. The van der Waals surface area contributed by atoms with Crippen molar-refractivity contribution >= 4 is 28.1 Å². The van der Waals surface area contributed by atoms with Crippen molar-refractivity contribution in [2.45, 2.75) is 33.1 Å². The monoisotopic (exact) mass is 348 g/mol. The molecule has 0 aliphatic heterocycles. The van der Waals surface area contributed by atoms with Gasteiger partial charge in [0.05, 0.1) is 23.6 Å². The smallest absolute Gasteiger partial charge is 0.157 e. The topological polar surface area (TPSA) is 42.2 Å². The van der Waals surface area contributed by atoms with Crippen LogP contribution in [0.4, 0.5) is 15.9 Å². The van der Waals surface area contributed by atoms with Crippen molar-refractivity contribution in [2.24, 2.45) is 0 Å². The first-order valence-corrected chi connectivity index (χ1v) is 8.86. The summed E-state index contributed by atoms with van der Waals surface area (Å²) in [6.45, 7) is 6.14. The van der Waals surface area contributed by atoms with Gasteiger partial charge in [0.15, 0.2) is 5.82 Å². The predicted octanol–water partition coefficient (Wildman–Crippen LogP) is 5.59. The average molecular weight is 348 g/mol. The summed E-state index contributed by atoms with van der Waals surface area (Å²) >= 11 is 0. The zero-order chi connectivity index (χ0) is 18.3. The van der Waals surface area contributed by atoms with E-state index in [4.69, 9.17) is 0 Å². The fraction of sp³-hybridized carbons (Fsp3) is 0.238. The Morgan fingerprint density at radius 1 is 1.19 bits per heavy atom. The maximum Gasteiger partial charge on any atom is 0.157 e. The number of fused-ring (bicyclic) bond motifs is 3. The summed E-state index contributed by atoms with van der Waals surface area (Å²) in [6.07, 6.45) is 4.41. The fourth-order valence-electron chi connectivity index (χ4n) is 3.22. The maximum absolute atomic E-state index is 14.6. The highest BCUT2D eigenvalue weighted by Gasteiger charge is 2.15. The Hall–Kier alpha value is -2.95. The van der Waals surface area contributed by atoms with Crippen molar-refractivity contribution in [3.63, 3.8) is 0 Å². The van der Waals surface area contributed by atoms with E-state index in [2.05, 4.69) is 22.2 Å². The Balaban J connectivity index is 1.92. The Bertz CT molecular complexity index is 1100. The molecule has 2 aromatic carbocycles. The van der Waals surface area contributed by atoms with Gasteiger partial charge in [-0.2, -0.15) is 0 Å². The molecule has 0 amide bonds. The molecule has 1 atom stereocenters. The third kappa shape index (κ3) is 2.69. The molecule has 4 rings (SSSR count). The SMILES string of the molecule is CCC(C)c1cc2c(cc1F)nc(Nc1ccccc1C)c1cncn12. The Labute approximate surface area is 151 Å². The van der Waals surface area contributed by atoms with Crippen LogP contribution >= 0.6 is 0 Å². The molecule has 2 aromatic heterocycles. The normalized spacial score (nSPS) is 12.6. The molecule has 1 N–H and O–H groups in total. The first-order valence-electron chi connectivity index (χ1n) is 8.86. The van der Waals surface area contributed by atoms with Gasteiger partial charge >= 0.3 is 0 Å². The number of aryl methyl sites for hydroxylation is 1. The van der Waals surface area contributed by atoms with Gasteiger partial charge in [0, 0.05) is 11.8 Å². The summed E-state index contributed by atoms with van der Waals surface area (Å²) in [5, 5.41) is 3.37. The third-order valence-corrected chi connectivity index (χ3v) is 5.01. The number of anilines is 2. The van der Waals surface area contributed by atoms with E-state index in [0.29, 0.717) is 11.3 Å². The van der Waals surface area contributed by atoms with Gasteiger partial charge in [0.2, 0.25) is 0 Å². The second-order valence-corrected chi connectivity index (χ2v) is 6.72. The Morgan fingerprint density at radius 3 is 2.77 bits per heavy atom. The van der Waals surface area contributed by atoms with Gasteiger partial charge in [0.25, 0.3) is 0 Å². The highest BCUT2D eigenvalue weighted by Crippen LogP contribution is 2.30. The molecular formula is C21H21FN4. The van der Waals surface area contributed by atoms with Crippen molar-refractivity contribution in [1.82, 2.24) is 14.4 Å². The van der Waals surface area contributed by atoms with E-state index < -0.39 is 0 Å². The lowest BCUT2D eigenvalue weighted by atomic mass is 9.97. The zero-order valence-electron chi connectivity index (χ0n) is 15.1. The number of nitrogens with zero attached hydrogens (tertiary/aromatic N) is 3. The molecule has 0 aliphatic rings. The second kappa shape index (κ2) is 6.41. The second-order valence-electron chi connectivity index (χ2n) is 6.72. The van der Waals surface area contributed by atoms with Crippen LogP contribution in [-0.2, 0) is 0 Å². The minimum atomic E-state index is -0.208. The third-order valence-electron chi connectivity index (χ3n) is 5.01. The van der Waals surface area contributed by atoms with Gasteiger partial charge in [-0.3, -0.25) is 4.40 Å². The van der Waals surface area contributed by atoms with Crippen molar-refractivity contribution < 1.29 is 4.39 Å². The first-order chi connectivity index (χ1) is 12.6. The molecule has 1 unspecified atom stereocenters. The summed E-state index contributed by atoms with van der Waals surface area (Å²) in [6, 6.07) is 11.4. The molecule has 5 heteroatoms. The number of nitrogens with one attached hydrogen (secondary N) is 1. The Morgan fingerprint density at radius 2 is 2.00 bits per heavy atom. The van der Waals surface area contributed by atoms with Crippen LogP contribution in [0.1, 0.15) is 37.3 Å². The molecule has 0 radical (unpaired) electrons. The number of benzene rings is 2. The molecule has 4 nitrogen and oxygen atoms in total. The van der Waals surface area contributed by atoms with Crippen molar-refractivity contribution in [2.75, 3.05) is 5.32 Å². The van der Waals surface area contributed by atoms with Gasteiger partial charge in [-0.1, -0.05) is 32.0 Å². The summed E-state index contributed by atoms with van der Waals surface area (Å²) in [7, 11) is 0. The van der Waals surface area contributed by atoms with Crippen LogP contribution < -0.4 is 5.32 Å². The number of halogens is 1. The molecule has 0 aliphatic carbocycles.